The fourth-order valence-corrected chi connectivity index (χ4v) is 5.37. The van der Waals surface area contributed by atoms with Gasteiger partial charge in [0.1, 0.15) is 0 Å². The summed E-state index contributed by atoms with van der Waals surface area (Å²) >= 11 is 5.99. The van der Waals surface area contributed by atoms with Crippen LogP contribution in [0, 0.1) is 24.2 Å². The number of nitriles is 1. The number of sulfonamides is 1. The highest BCUT2D eigenvalue weighted by atomic mass is 35.5. The number of aryl methyl sites for hydroxylation is 1. The van der Waals surface area contributed by atoms with Crippen molar-refractivity contribution in [3.8, 4) is 6.07 Å². The van der Waals surface area contributed by atoms with Crippen molar-refractivity contribution in [3.05, 3.63) is 76.8 Å². The van der Waals surface area contributed by atoms with E-state index in [1.807, 2.05) is 6.92 Å². The van der Waals surface area contributed by atoms with Crippen LogP contribution in [0.25, 0.3) is 0 Å². The third-order valence-electron chi connectivity index (χ3n) is 5.00. The monoisotopic (exact) mass is 386 g/mol. The van der Waals surface area contributed by atoms with Gasteiger partial charge in [-0.2, -0.15) is 9.57 Å². The molecule has 2 atom stereocenters. The molecule has 1 aliphatic heterocycles. The van der Waals surface area contributed by atoms with Crippen molar-refractivity contribution in [2.75, 3.05) is 6.54 Å². The fraction of sp³-hybridized carbons (Fsp3) is 0.250. The summed E-state index contributed by atoms with van der Waals surface area (Å²) in [5.41, 5.74) is 1.22. The van der Waals surface area contributed by atoms with Crippen LogP contribution in [-0.2, 0) is 15.6 Å². The molecule has 0 amide bonds. The summed E-state index contributed by atoms with van der Waals surface area (Å²) < 4.78 is 28.1. The van der Waals surface area contributed by atoms with Gasteiger partial charge in [-0.25, -0.2) is 8.42 Å². The number of benzene rings is 2. The van der Waals surface area contributed by atoms with Crippen LogP contribution in [0.5, 0.6) is 0 Å². The lowest BCUT2D eigenvalue weighted by Gasteiger charge is -2.36. The van der Waals surface area contributed by atoms with Crippen molar-refractivity contribution in [1.29, 1.82) is 5.26 Å². The maximum atomic E-state index is 13.4. The Labute approximate surface area is 159 Å². The lowest BCUT2D eigenvalue weighted by molar-refractivity contribution is 0.240. The molecule has 0 unspecified atom stereocenters. The predicted molar refractivity (Wildman–Crippen MR) is 102 cm³/mol. The largest absolute Gasteiger partial charge is 0.244 e. The molecule has 1 fully saturated rings. The zero-order valence-corrected chi connectivity index (χ0v) is 16.2. The molecule has 4 nitrogen and oxygen atoms in total. The zero-order chi connectivity index (χ0) is 19.1. The molecule has 0 bridgehead atoms. The van der Waals surface area contributed by atoms with Crippen molar-refractivity contribution in [1.82, 2.24) is 4.31 Å². The van der Waals surface area contributed by atoms with E-state index < -0.39 is 21.5 Å². The highest BCUT2D eigenvalue weighted by Gasteiger charge is 2.54. The van der Waals surface area contributed by atoms with Crippen LogP contribution in [0.1, 0.15) is 18.1 Å². The molecule has 1 aliphatic rings. The average molecular weight is 387 g/mol. The van der Waals surface area contributed by atoms with Gasteiger partial charge in [0.05, 0.1) is 22.4 Å². The second-order valence-corrected chi connectivity index (χ2v) is 9.00. The Kier molecular flexibility index (Phi) is 4.70. The Balaban J connectivity index is 2.18. The van der Waals surface area contributed by atoms with Gasteiger partial charge in [0.15, 0.2) is 0 Å². The third kappa shape index (κ3) is 2.84. The summed E-state index contributed by atoms with van der Waals surface area (Å²) in [6.45, 7) is 7.74. The molecule has 2 aromatic rings. The quantitative estimate of drug-likeness (QED) is 0.740. The van der Waals surface area contributed by atoms with Gasteiger partial charge in [-0.15, -0.1) is 0 Å². The van der Waals surface area contributed by atoms with Crippen molar-refractivity contribution in [2.24, 2.45) is 5.92 Å². The lowest BCUT2D eigenvalue weighted by Crippen LogP contribution is -2.45. The van der Waals surface area contributed by atoms with Gasteiger partial charge >= 0.3 is 0 Å². The molecule has 0 aliphatic carbocycles. The summed E-state index contributed by atoms with van der Waals surface area (Å²) in [6, 6.07) is 15.9. The average Bonchev–Trinajstić information content (AvgIpc) is 2.87. The van der Waals surface area contributed by atoms with E-state index in [4.69, 9.17) is 11.6 Å². The summed E-state index contributed by atoms with van der Waals surface area (Å²) in [6.07, 6.45) is 0. The van der Waals surface area contributed by atoms with E-state index >= 15 is 0 Å². The van der Waals surface area contributed by atoms with Gasteiger partial charge in [0.2, 0.25) is 10.0 Å². The first-order valence-corrected chi connectivity index (χ1v) is 9.96. The Bertz CT molecular complexity index is 992. The smallest absolute Gasteiger partial charge is 0.207 e. The van der Waals surface area contributed by atoms with Gasteiger partial charge in [-0.1, -0.05) is 48.0 Å². The minimum Gasteiger partial charge on any atom is -0.207 e. The minimum absolute atomic E-state index is 0.105. The number of rotatable bonds is 3. The van der Waals surface area contributed by atoms with Gasteiger partial charge in [0, 0.05) is 11.6 Å². The van der Waals surface area contributed by atoms with Gasteiger partial charge in [-0.3, -0.25) is 0 Å². The van der Waals surface area contributed by atoms with Crippen LogP contribution in [0.15, 0.2) is 65.6 Å². The first-order chi connectivity index (χ1) is 12.2. The molecule has 2 aromatic carbocycles. The van der Waals surface area contributed by atoms with Gasteiger partial charge in [0.25, 0.3) is 0 Å². The number of nitrogens with zero attached hydrogens (tertiary/aromatic N) is 2. The Morgan fingerprint density at radius 1 is 1.19 bits per heavy atom. The highest BCUT2D eigenvalue weighted by molar-refractivity contribution is 7.89. The Morgan fingerprint density at radius 3 is 2.31 bits per heavy atom. The SMILES string of the molecule is C=C1CN(S(=O)(=O)c2ccc(C)cc2)[C@](C)(c2ccc(Cl)cc2)[C@@H]1C#N. The molecule has 0 radical (unpaired) electrons. The molecule has 134 valence electrons. The van der Waals surface area contributed by atoms with Crippen LogP contribution in [0.4, 0.5) is 0 Å². The molecule has 26 heavy (non-hydrogen) atoms. The van der Waals surface area contributed by atoms with Crippen molar-refractivity contribution in [3.63, 3.8) is 0 Å². The zero-order valence-electron chi connectivity index (χ0n) is 14.6. The second kappa shape index (κ2) is 6.55. The van der Waals surface area contributed by atoms with E-state index in [2.05, 4.69) is 12.6 Å². The Hall–Kier alpha value is -2.13. The summed E-state index contributed by atoms with van der Waals surface area (Å²) in [4.78, 5) is 0.203. The molecule has 3 rings (SSSR count). The van der Waals surface area contributed by atoms with Crippen LogP contribution in [-0.4, -0.2) is 19.3 Å². The van der Waals surface area contributed by atoms with E-state index in [0.717, 1.165) is 5.56 Å². The van der Waals surface area contributed by atoms with E-state index in [1.54, 1.807) is 55.5 Å². The highest BCUT2D eigenvalue weighted by Crippen LogP contribution is 2.48. The van der Waals surface area contributed by atoms with E-state index in [9.17, 15) is 13.7 Å². The molecule has 1 heterocycles. The molecular weight excluding hydrogens is 368 g/mol. The van der Waals surface area contributed by atoms with Crippen molar-refractivity contribution >= 4 is 21.6 Å². The maximum absolute atomic E-state index is 13.4. The molecular formula is C20H19ClN2O2S. The van der Waals surface area contributed by atoms with Crippen LogP contribution in [0.3, 0.4) is 0 Å². The summed E-state index contributed by atoms with van der Waals surface area (Å²) in [5, 5.41) is 10.3. The van der Waals surface area contributed by atoms with Crippen LogP contribution >= 0.6 is 11.6 Å². The summed E-state index contributed by atoms with van der Waals surface area (Å²) in [5.74, 6) is -0.649. The molecule has 0 saturated carbocycles. The first kappa shape index (κ1) is 18.7. The fourth-order valence-electron chi connectivity index (χ4n) is 3.47. The summed E-state index contributed by atoms with van der Waals surface area (Å²) in [7, 11) is -3.81. The second-order valence-electron chi connectivity index (χ2n) is 6.70. The maximum Gasteiger partial charge on any atom is 0.244 e. The number of halogens is 1. The van der Waals surface area contributed by atoms with E-state index in [-0.39, 0.29) is 11.4 Å². The van der Waals surface area contributed by atoms with E-state index in [0.29, 0.717) is 16.2 Å². The van der Waals surface area contributed by atoms with Gasteiger partial charge < -0.3 is 0 Å². The third-order valence-corrected chi connectivity index (χ3v) is 7.21. The van der Waals surface area contributed by atoms with Crippen LogP contribution < -0.4 is 0 Å². The van der Waals surface area contributed by atoms with Crippen LogP contribution in [0.2, 0.25) is 5.02 Å². The normalized spacial score (nSPS) is 23.8. The molecule has 6 heteroatoms. The molecule has 1 saturated heterocycles. The topological polar surface area (TPSA) is 61.2 Å². The number of hydrogen-bond donors (Lipinski definition) is 0. The predicted octanol–water partition coefficient (Wildman–Crippen LogP) is 4.26. The first-order valence-electron chi connectivity index (χ1n) is 8.14. The van der Waals surface area contributed by atoms with Crippen molar-refractivity contribution < 1.29 is 8.42 Å². The number of hydrogen-bond acceptors (Lipinski definition) is 3. The molecule has 0 aromatic heterocycles. The molecule has 0 spiro atoms. The minimum atomic E-state index is -3.81. The van der Waals surface area contributed by atoms with E-state index in [1.165, 1.54) is 4.31 Å². The Morgan fingerprint density at radius 2 is 1.77 bits per heavy atom. The van der Waals surface area contributed by atoms with Crippen molar-refractivity contribution in [2.45, 2.75) is 24.3 Å². The van der Waals surface area contributed by atoms with Gasteiger partial charge in [-0.05, 0) is 49.2 Å². The standard InChI is InChI=1S/C20H19ClN2O2S/c1-14-4-10-18(11-5-14)26(24,25)23-13-15(2)19(12-22)20(23,3)16-6-8-17(21)9-7-16/h4-11,19H,2,13H2,1,3H3/t19-,20-/m1/s1. The molecule has 0 N–H and O–H groups in total. The lowest BCUT2D eigenvalue weighted by atomic mass is 9.80.